The zero-order valence-electron chi connectivity index (χ0n) is 20.4. The molecule has 0 aliphatic rings. The summed E-state index contributed by atoms with van der Waals surface area (Å²) in [4.78, 5) is 0. The van der Waals surface area contributed by atoms with Gasteiger partial charge in [0.15, 0.2) is 5.69 Å². The van der Waals surface area contributed by atoms with Crippen molar-refractivity contribution >= 4 is 11.6 Å². The third-order valence-electron chi connectivity index (χ3n) is 6.16. The maximum absolute atomic E-state index is 6.52. The Morgan fingerprint density at radius 2 is 1.13 bits per heavy atom. The summed E-state index contributed by atoms with van der Waals surface area (Å²) in [6.07, 6.45) is 4.47. The summed E-state index contributed by atoms with van der Waals surface area (Å²) in [6.45, 7) is 18.2. The average Bonchev–Trinajstić information content (AvgIpc) is 3.16. The molecular weight excluding hydrogens is 400 g/mol. The van der Waals surface area contributed by atoms with Gasteiger partial charge >= 0.3 is 0 Å². The molecule has 0 amide bonds. The zero-order valence-corrected chi connectivity index (χ0v) is 21.2. The van der Waals surface area contributed by atoms with E-state index >= 15 is 0 Å². The molecule has 0 fully saturated rings. The van der Waals surface area contributed by atoms with Crippen LogP contribution in [0.15, 0.2) is 48.9 Å². The molecule has 0 unspecified atom stereocenters. The fourth-order valence-electron chi connectivity index (χ4n) is 4.48. The highest BCUT2D eigenvalue weighted by Gasteiger charge is 2.27. The number of aromatic nitrogens is 2. The van der Waals surface area contributed by atoms with Gasteiger partial charge in [0.1, 0.15) is 17.6 Å². The van der Waals surface area contributed by atoms with Gasteiger partial charge in [-0.3, -0.25) is 0 Å². The van der Waals surface area contributed by atoms with Crippen molar-refractivity contribution in [1.29, 1.82) is 0 Å². The van der Waals surface area contributed by atoms with Crippen molar-refractivity contribution in [1.82, 2.24) is 4.57 Å². The molecule has 0 radical (unpaired) electrons. The summed E-state index contributed by atoms with van der Waals surface area (Å²) in [5.41, 5.74) is 9.17. The lowest BCUT2D eigenvalue weighted by atomic mass is 9.92. The smallest absolute Gasteiger partial charge is 0.201 e. The Labute approximate surface area is 193 Å². The van der Waals surface area contributed by atoms with E-state index in [1.807, 2.05) is 0 Å². The first-order valence-corrected chi connectivity index (χ1v) is 12.2. The molecule has 0 atom stereocenters. The third-order valence-corrected chi connectivity index (χ3v) is 6.43. The molecule has 0 N–H and O–H groups in total. The zero-order chi connectivity index (χ0) is 22.9. The number of para-hydroxylation sites is 2. The highest BCUT2D eigenvalue weighted by atomic mass is 35.5. The molecule has 0 saturated carbocycles. The normalized spacial score (nSPS) is 12.0. The molecule has 2 aromatic carbocycles. The number of benzene rings is 2. The molecule has 0 saturated heterocycles. The van der Waals surface area contributed by atoms with Gasteiger partial charge in [-0.25, -0.2) is 4.57 Å². The number of imidazole rings is 1. The highest BCUT2D eigenvalue weighted by molar-refractivity contribution is 6.16. The average molecular weight is 438 g/mol. The van der Waals surface area contributed by atoms with Gasteiger partial charge in [-0.05, 0) is 23.7 Å². The quantitative estimate of drug-likeness (QED) is 0.261. The van der Waals surface area contributed by atoms with Crippen LogP contribution in [0.1, 0.15) is 107 Å². The molecular formula is C28H38ClN2+. The SMILES string of the molecule is CC(C)c1cccc(C(C)C)c1-n1c[n+](-c2c(C(C)C)cccc2C(C)C)cc1CCl. The lowest BCUT2D eigenvalue weighted by Crippen LogP contribution is -2.32. The summed E-state index contributed by atoms with van der Waals surface area (Å²) >= 11 is 6.52. The summed E-state index contributed by atoms with van der Waals surface area (Å²) in [6, 6.07) is 13.4. The van der Waals surface area contributed by atoms with Gasteiger partial charge in [0.05, 0.1) is 5.88 Å². The minimum atomic E-state index is 0.432. The second-order valence-corrected chi connectivity index (χ2v) is 10.1. The Balaban J connectivity index is 2.34. The van der Waals surface area contributed by atoms with Gasteiger partial charge in [-0.15, -0.1) is 11.6 Å². The summed E-state index contributed by atoms with van der Waals surface area (Å²) < 4.78 is 4.64. The van der Waals surface area contributed by atoms with Crippen LogP contribution in [0.2, 0.25) is 0 Å². The lowest BCUT2D eigenvalue weighted by Gasteiger charge is -2.17. The van der Waals surface area contributed by atoms with Crippen molar-refractivity contribution in [3.63, 3.8) is 0 Å². The fraction of sp³-hybridized carbons (Fsp3) is 0.464. The molecule has 3 heteroatoms. The van der Waals surface area contributed by atoms with Crippen LogP contribution in [-0.4, -0.2) is 4.57 Å². The first kappa shape index (κ1) is 23.6. The number of halogens is 1. The molecule has 1 aromatic heterocycles. The van der Waals surface area contributed by atoms with Crippen LogP contribution in [0, 0.1) is 0 Å². The number of alkyl halides is 1. The van der Waals surface area contributed by atoms with Gasteiger partial charge < -0.3 is 0 Å². The predicted octanol–water partition coefficient (Wildman–Crippen LogP) is 7.99. The maximum Gasteiger partial charge on any atom is 0.254 e. The van der Waals surface area contributed by atoms with Crippen molar-refractivity contribution in [2.45, 2.75) is 84.9 Å². The third kappa shape index (κ3) is 4.60. The molecule has 0 spiro atoms. The van der Waals surface area contributed by atoms with Gasteiger partial charge in [0.25, 0.3) is 6.33 Å². The molecule has 31 heavy (non-hydrogen) atoms. The lowest BCUT2D eigenvalue weighted by molar-refractivity contribution is -0.596. The van der Waals surface area contributed by atoms with E-state index in [0.717, 1.165) is 5.69 Å². The van der Waals surface area contributed by atoms with Crippen LogP contribution in [0.25, 0.3) is 11.4 Å². The molecule has 166 valence electrons. The van der Waals surface area contributed by atoms with E-state index in [4.69, 9.17) is 11.6 Å². The monoisotopic (exact) mass is 437 g/mol. The van der Waals surface area contributed by atoms with Gasteiger partial charge in [0.2, 0.25) is 0 Å². The largest absolute Gasteiger partial charge is 0.254 e. The van der Waals surface area contributed by atoms with E-state index in [9.17, 15) is 0 Å². The second-order valence-electron chi connectivity index (χ2n) is 9.84. The Hall–Kier alpha value is -2.06. The van der Waals surface area contributed by atoms with Crippen molar-refractivity contribution in [3.8, 4) is 11.4 Å². The van der Waals surface area contributed by atoms with Crippen LogP contribution < -0.4 is 4.57 Å². The van der Waals surface area contributed by atoms with E-state index in [1.165, 1.54) is 33.6 Å². The molecule has 0 aliphatic heterocycles. The van der Waals surface area contributed by atoms with E-state index in [-0.39, 0.29) is 0 Å². The number of rotatable bonds is 7. The Morgan fingerprint density at radius 1 is 0.710 bits per heavy atom. The minimum Gasteiger partial charge on any atom is -0.201 e. The molecule has 2 nitrogen and oxygen atoms in total. The fourth-order valence-corrected chi connectivity index (χ4v) is 4.67. The second kappa shape index (κ2) is 9.61. The minimum absolute atomic E-state index is 0.432. The predicted molar refractivity (Wildman–Crippen MR) is 133 cm³/mol. The Bertz CT molecular complexity index is 989. The number of hydrogen-bond acceptors (Lipinski definition) is 0. The first-order valence-electron chi connectivity index (χ1n) is 11.6. The number of hydrogen-bond donors (Lipinski definition) is 0. The molecule has 3 rings (SSSR count). The molecule has 0 bridgehead atoms. The molecule has 3 aromatic rings. The van der Waals surface area contributed by atoms with Gasteiger partial charge in [0, 0.05) is 22.3 Å². The topological polar surface area (TPSA) is 8.81 Å². The Kier molecular flexibility index (Phi) is 7.31. The van der Waals surface area contributed by atoms with Crippen molar-refractivity contribution in [2.24, 2.45) is 0 Å². The Morgan fingerprint density at radius 3 is 1.52 bits per heavy atom. The first-order chi connectivity index (χ1) is 14.7. The highest BCUT2D eigenvalue weighted by Crippen LogP contribution is 2.33. The van der Waals surface area contributed by atoms with Crippen LogP contribution in [-0.2, 0) is 5.88 Å². The van der Waals surface area contributed by atoms with Crippen LogP contribution in [0.4, 0.5) is 0 Å². The van der Waals surface area contributed by atoms with E-state index in [0.29, 0.717) is 29.6 Å². The van der Waals surface area contributed by atoms with Crippen molar-refractivity contribution < 1.29 is 4.57 Å². The van der Waals surface area contributed by atoms with Crippen LogP contribution in [0.3, 0.4) is 0 Å². The van der Waals surface area contributed by atoms with E-state index in [2.05, 4.69) is 113 Å². The van der Waals surface area contributed by atoms with E-state index in [1.54, 1.807) is 0 Å². The standard InChI is InChI=1S/C28H38ClN2/c1-18(2)23-11-9-12-24(19(3)4)27(23)30-16-22(15-29)31(17-30)28-25(20(5)6)13-10-14-26(28)21(7)8/h9-14,16-21H,15H2,1-8H3/q+1. The van der Waals surface area contributed by atoms with Gasteiger partial charge in [-0.2, -0.15) is 4.57 Å². The van der Waals surface area contributed by atoms with Crippen LogP contribution in [0.5, 0.6) is 0 Å². The number of nitrogens with zero attached hydrogens (tertiary/aromatic N) is 2. The van der Waals surface area contributed by atoms with Gasteiger partial charge in [-0.1, -0.05) is 91.8 Å². The van der Waals surface area contributed by atoms with E-state index < -0.39 is 0 Å². The summed E-state index contributed by atoms with van der Waals surface area (Å²) in [5, 5.41) is 0. The summed E-state index contributed by atoms with van der Waals surface area (Å²) in [5.74, 6) is 2.22. The molecule has 1 heterocycles. The molecule has 0 aliphatic carbocycles. The van der Waals surface area contributed by atoms with Crippen LogP contribution >= 0.6 is 11.6 Å². The van der Waals surface area contributed by atoms with Crippen molar-refractivity contribution in [2.75, 3.05) is 0 Å². The van der Waals surface area contributed by atoms with Crippen molar-refractivity contribution in [3.05, 3.63) is 76.9 Å². The maximum atomic E-state index is 6.52. The summed E-state index contributed by atoms with van der Waals surface area (Å²) in [7, 11) is 0.